The number of benzene rings is 1. The van der Waals surface area contributed by atoms with Crippen LogP contribution >= 0.6 is 15.9 Å². The number of anilines is 1. The first-order valence-electron chi connectivity index (χ1n) is 8.22. The van der Waals surface area contributed by atoms with Crippen molar-refractivity contribution in [1.29, 1.82) is 0 Å². The van der Waals surface area contributed by atoms with Gasteiger partial charge in [0.15, 0.2) is 0 Å². The van der Waals surface area contributed by atoms with Crippen molar-refractivity contribution < 1.29 is 18.8 Å². The van der Waals surface area contributed by atoms with Crippen LogP contribution in [-0.4, -0.2) is 29.2 Å². The molecule has 132 valence electrons. The predicted molar refractivity (Wildman–Crippen MR) is 94.0 cm³/mol. The van der Waals surface area contributed by atoms with Crippen LogP contribution in [0.25, 0.3) is 0 Å². The lowest BCUT2D eigenvalue weighted by Gasteiger charge is -2.14. The second-order valence-corrected chi connectivity index (χ2v) is 7.18. The Labute approximate surface area is 153 Å². The molecule has 0 unspecified atom stereocenters. The molecule has 0 aromatic heterocycles. The van der Waals surface area contributed by atoms with Crippen molar-refractivity contribution in [2.24, 2.45) is 11.8 Å². The summed E-state index contributed by atoms with van der Waals surface area (Å²) in [5, 5.41) is 2.50. The van der Waals surface area contributed by atoms with Gasteiger partial charge in [0, 0.05) is 17.4 Å². The highest BCUT2D eigenvalue weighted by Crippen LogP contribution is 2.35. The van der Waals surface area contributed by atoms with E-state index in [0.717, 1.165) is 0 Å². The minimum Gasteiger partial charge on any atom is -0.324 e. The molecule has 1 aromatic rings. The number of carbonyl (C=O) groups is 3. The summed E-state index contributed by atoms with van der Waals surface area (Å²) in [6, 6.07) is 4.38. The molecular weight excluding hydrogens is 391 g/mol. The number of rotatable bonds is 5. The van der Waals surface area contributed by atoms with Crippen molar-refractivity contribution in [1.82, 2.24) is 4.90 Å². The monoisotopic (exact) mass is 408 g/mol. The van der Waals surface area contributed by atoms with Crippen LogP contribution in [-0.2, 0) is 14.4 Å². The molecule has 1 fully saturated rings. The summed E-state index contributed by atoms with van der Waals surface area (Å²) in [6.07, 6.45) is 5.56. The van der Waals surface area contributed by atoms with Gasteiger partial charge in [-0.1, -0.05) is 28.1 Å². The van der Waals surface area contributed by atoms with Crippen LogP contribution < -0.4 is 5.32 Å². The molecule has 3 amide bonds. The lowest BCUT2D eigenvalue weighted by atomic mass is 9.85. The summed E-state index contributed by atoms with van der Waals surface area (Å²) in [6.45, 7) is 0.223. The number of fused-ring (bicyclic) bond motifs is 1. The molecule has 7 heteroatoms. The van der Waals surface area contributed by atoms with E-state index in [9.17, 15) is 18.8 Å². The zero-order chi connectivity index (χ0) is 18.0. The third kappa shape index (κ3) is 3.81. The van der Waals surface area contributed by atoms with Crippen LogP contribution in [0.5, 0.6) is 0 Å². The third-order valence-corrected chi connectivity index (χ3v) is 5.08. The van der Waals surface area contributed by atoms with E-state index in [1.54, 1.807) is 6.07 Å². The normalized spacial score (nSPS) is 22.2. The molecule has 1 N–H and O–H groups in total. The van der Waals surface area contributed by atoms with E-state index in [4.69, 9.17) is 0 Å². The smallest absolute Gasteiger partial charge is 0.233 e. The van der Waals surface area contributed by atoms with Gasteiger partial charge in [0.05, 0.1) is 17.5 Å². The van der Waals surface area contributed by atoms with Crippen molar-refractivity contribution in [2.75, 3.05) is 11.9 Å². The highest BCUT2D eigenvalue weighted by molar-refractivity contribution is 9.10. The second kappa shape index (κ2) is 7.47. The zero-order valence-electron chi connectivity index (χ0n) is 13.5. The Balaban J connectivity index is 1.50. The Hall–Kier alpha value is -2.02. The molecule has 0 saturated carbocycles. The van der Waals surface area contributed by atoms with Crippen LogP contribution in [0.2, 0.25) is 0 Å². The van der Waals surface area contributed by atoms with Crippen LogP contribution in [0, 0.1) is 17.7 Å². The number of hydrogen-bond acceptors (Lipinski definition) is 3. The highest BCUT2D eigenvalue weighted by Gasteiger charge is 2.46. The second-order valence-electron chi connectivity index (χ2n) is 6.26. The minimum atomic E-state index is -0.524. The lowest BCUT2D eigenvalue weighted by molar-refractivity contribution is -0.140. The molecule has 1 aliphatic heterocycles. The van der Waals surface area contributed by atoms with E-state index in [1.807, 2.05) is 12.2 Å². The Bertz CT molecular complexity index is 724. The first kappa shape index (κ1) is 17.8. The lowest BCUT2D eigenvalue weighted by Crippen LogP contribution is -2.32. The largest absolute Gasteiger partial charge is 0.324 e. The number of allylic oxidation sites excluding steroid dienone is 2. The van der Waals surface area contributed by atoms with E-state index in [0.29, 0.717) is 23.7 Å². The van der Waals surface area contributed by atoms with Crippen molar-refractivity contribution in [2.45, 2.75) is 25.7 Å². The van der Waals surface area contributed by atoms with Gasteiger partial charge >= 0.3 is 0 Å². The number of carbonyl (C=O) groups excluding carboxylic acids is 3. The average molecular weight is 409 g/mol. The molecule has 2 aliphatic rings. The fraction of sp³-hybridized carbons (Fsp3) is 0.389. The minimum absolute atomic E-state index is 0.110. The summed E-state index contributed by atoms with van der Waals surface area (Å²) in [5.41, 5.74) is 0.110. The molecule has 1 heterocycles. The molecule has 0 spiro atoms. The molecule has 2 atom stereocenters. The van der Waals surface area contributed by atoms with Gasteiger partial charge < -0.3 is 5.32 Å². The molecular formula is C18H18BrFN2O3. The van der Waals surface area contributed by atoms with Gasteiger partial charge in [-0.05, 0) is 37.5 Å². The maximum absolute atomic E-state index is 13.7. The molecule has 0 bridgehead atoms. The van der Waals surface area contributed by atoms with E-state index in [1.165, 1.54) is 17.0 Å². The van der Waals surface area contributed by atoms with Crippen molar-refractivity contribution in [3.63, 3.8) is 0 Å². The Morgan fingerprint density at radius 3 is 2.44 bits per heavy atom. The molecule has 3 rings (SSSR count). The third-order valence-electron chi connectivity index (χ3n) is 4.59. The van der Waals surface area contributed by atoms with E-state index in [2.05, 4.69) is 21.2 Å². The fourth-order valence-electron chi connectivity index (χ4n) is 3.29. The van der Waals surface area contributed by atoms with Gasteiger partial charge in [-0.15, -0.1) is 0 Å². The topological polar surface area (TPSA) is 66.5 Å². The number of likely N-dealkylation sites (tertiary alicyclic amines) is 1. The number of amides is 3. The molecule has 25 heavy (non-hydrogen) atoms. The quantitative estimate of drug-likeness (QED) is 0.600. The van der Waals surface area contributed by atoms with Gasteiger partial charge in [0.25, 0.3) is 0 Å². The molecule has 1 saturated heterocycles. The number of hydrogen-bond donors (Lipinski definition) is 1. The average Bonchev–Trinajstić information content (AvgIpc) is 2.83. The maximum atomic E-state index is 13.7. The predicted octanol–water partition coefficient (Wildman–Crippen LogP) is 3.26. The first-order chi connectivity index (χ1) is 12.0. The number of halogens is 2. The van der Waals surface area contributed by atoms with Crippen molar-refractivity contribution >= 4 is 39.3 Å². The highest BCUT2D eigenvalue weighted by atomic mass is 79.9. The summed E-state index contributed by atoms with van der Waals surface area (Å²) in [7, 11) is 0. The Kier molecular flexibility index (Phi) is 5.32. The standard InChI is InChI=1S/C18H18BrFN2O3/c19-11-7-8-15(14(20)10-11)21-16(23)6-3-9-22-17(24)12-4-1-2-5-13(12)18(22)25/h1-2,7-8,10,12-13H,3-6,9H2,(H,21,23)/t12-,13+. The van der Waals surface area contributed by atoms with Crippen molar-refractivity contribution in [3.8, 4) is 0 Å². The summed E-state index contributed by atoms with van der Waals surface area (Å²) in [4.78, 5) is 37.8. The molecule has 1 aromatic carbocycles. The maximum Gasteiger partial charge on any atom is 0.233 e. The Morgan fingerprint density at radius 1 is 1.20 bits per heavy atom. The van der Waals surface area contributed by atoms with Gasteiger partial charge in [-0.25, -0.2) is 4.39 Å². The van der Waals surface area contributed by atoms with Crippen LogP contribution in [0.4, 0.5) is 10.1 Å². The molecule has 0 radical (unpaired) electrons. The van der Waals surface area contributed by atoms with Gasteiger partial charge in [-0.2, -0.15) is 0 Å². The summed E-state index contributed by atoms with van der Waals surface area (Å²) >= 11 is 3.15. The summed E-state index contributed by atoms with van der Waals surface area (Å²) in [5.74, 6) is -1.65. The van der Waals surface area contributed by atoms with Gasteiger partial charge in [0.1, 0.15) is 5.82 Å². The molecule has 1 aliphatic carbocycles. The van der Waals surface area contributed by atoms with Crippen molar-refractivity contribution in [3.05, 3.63) is 40.6 Å². The van der Waals surface area contributed by atoms with E-state index >= 15 is 0 Å². The number of imide groups is 1. The van der Waals surface area contributed by atoms with E-state index < -0.39 is 5.82 Å². The summed E-state index contributed by atoms with van der Waals surface area (Å²) < 4.78 is 14.3. The van der Waals surface area contributed by atoms with Crippen LogP contribution in [0.3, 0.4) is 0 Å². The SMILES string of the molecule is O=C(CCCN1C(=O)[C@H]2CC=CC[C@H]2C1=O)Nc1ccc(Br)cc1F. The molecule has 5 nitrogen and oxygen atoms in total. The van der Waals surface area contributed by atoms with Crippen LogP contribution in [0.15, 0.2) is 34.8 Å². The van der Waals surface area contributed by atoms with Gasteiger partial charge in [-0.3, -0.25) is 19.3 Å². The fourth-order valence-corrected chi connectivity index (χ4v) is 3.62. The Morgan fingerprint density at radius 2 is 1.84 bits per heavy atom. The first-order valence-corrected chi connectivity index (χ1v) is 9.02. The van der Waals surface area contributed by atoms with E-state index in [-0.39, 0.29) is 48.2 Å². The van der Waals surface area contributed by atoms with Gasteiger partial charge in [0.2, 0.25) is 17.7 Å². The van der Waals surface area contributed by atoms with Crippen LogP contribution in [0.1, 0.15) is 25.7 Å². The number of nitrogens with one attached hydrogen (secondary N) is 1. The zero-order valence-corrected chi connectivity index (χ0v) is 15.1. The number of nitrogens with zero attached hydrogens (tertiary/aromatic N) is 1.